The molecule has 1 unspecified atom stereocenters. The predicted molar refractivity (Wildman–Crippen MR) is 107 cm³/mol. The van der Waals surface area contributed by atoms with Crippen LogP contribution in [-0.4, -0.2) is 53.5 Å². The lowest BCUT2D eigenvalue weighted by atomic mass is 10.1. The van der Waals surface area contributed by atoms with Crippen LogP contribution < -0.4 is 5.32 Å². The van der Waals surface area contributed by atoms with Crippen molar-refractivity contribution in [1.29, 1.82) is 0 Å². The van der Waals surface area contributed by atoms with E-state index in [4.69, 9.17) is 0 Å². The third-order valence-electron chi connectivity index (χ3n) is 4.82. The van der Waals surface area contributed by atoms with Gasteiger partial charge >= 0.3 is 0 Å². The molecule has 1 N–H and O–H groups in total. The molecule has 2 aliphatic heterocycles. The number of aromatic nitrogens is 1. The first-order valence-electron chi connectivity index (χ1n) is 9.04. The average molecular weight is 454 g/mol. The van der Waals surface area contributed by atoms with Gasteiger partial charge in [0.15, 0.2) is 26.6 Å². The molecule has 0 aliphatic carbocycles. The van der Waals surface area contributed by atoms with E-state index in [1.165, 1.54) is 6.07 Å². The number of carbonyl (C=O) groups excluding carboxylic acids is 2. The van der Waals surface area contributed by atoms with E-state index in [0.717, 1.165) is 28.5 Å². The highest BCUT2D eigenvalue weighted by Gasteiger charge is 2.37. The van der Waals surface area contributed by atoms with Gasteiger partial charge in [0, 0.05) is 23.8 Å². The van der Waals surface area contributed by atoms with Gasteiger partial charge in [0.25, 0.3) is 5.91 Å². The summed E-state index contributed by atoms with van der Waals surface area (Å²) in [7, 11) is -3.21. The van der Waals surface area contributed by atoms with E-state index in [2.05, 4.69) is 15.4 Å². The minimum absolute atomic E-state index is 0.00956. The van der Waals surface area contributed by atoms with Crippen LogP contribution in [0.2, 0.25) is 0 Å². The summed E-state index contributed by atoms with van der Waals surface area (Å²) in [5.41, 5.74) is 0.830. The highest BCUT2D eigenvalue weighted by Crippen LogP contribution is 2.27. The first-order valence-corrected chi connectivity index (χ1v) is 11.7. The number of nitrogens with zero attached hydrogens (tertiary/aromatic N) is 3. The molecule has 0 bridgehead atoms. The molecule has 0 spiro atoms. The highest BCUT2D eigenvalue weighted by atomic mass is 32.2. The fourth-order valence-corrected chi connectivity index (χ4v) is 5.68. The molecule has 2 aromatic rings. The van der Waals surface area contributed by atoms with Crippen molar-refractivity contribution in [2.24, 2.45) is 5.10 Å². The maximum absolute atomic E-state index is 13.4. The molecule has 30 heavy (non-hydrogen) atoms. The number of anilines is 1. The van der Waals surface area contributed by atoms with Crippen molar-refractivity contribution in [3.8, 4) is 11.3 Å². The number of hydrogen-bond donors (Lipinski definition) is 1. The quantitative estimate of drug-likeness (QED) is 0.762. The Kier molecular flexibility index (Phi) is 5.36. The molecule has 1 atom stereocenters. The van der Waals surface area contributed by atoms with E-state index in [-0.39, 0.29) is 47.5 Å². The molecule has 2 aliphatic rings. The Labute approximate surface area is 174 Å². The molecule has 158 valence electrons. The summed E-state index contributed by atoms with van der Waals surface area (Å²) in [5.74, 6) is -3.01. The number of nitrogens with one attached hydrogen (secondary N) is 1. The summed E-state index contributed by atoms with van der Waals surface area (Å²) in [5, 5.41) is 9.61. The lowest BCUT2D eigenvalue weighted by Crippen LogP contribution is -2.42. The van der Waals surface area contributed by atoms with Gasteiger partial charge in [-0.2, -0.15) is 5.10 Å². The first-order chi connectivity index (χ1) is 14.2. The number of thiazole rings is 1. The maximum atomic E-state index is 13.4. The fourth-order valence-electron chi connectivity index (χ4n) is 3.28. The van der Waals surface area contributed by atoms with Crippen molar-refractivity contribution in [3.63, 3.8) is 0 Å². The largest absolute Gasteiger partial charge is 0.297 e. The molecule has 1 saturated heterocycles. The van der Waals surface area contributed by atoms with E-state index in [1.807, 2.05) is 0 Å². The van der Waals surface area contributed by atoms with Gasteiger partial charge in [-0.3, -0.25) is 14.9 Å². The Morgan fingerprint density at radius 3 is 2.73 bits per heavy atom. The van der Waals surface area contributed by atoms with Crippen LogP contribution in [0.25, 0.3) is 11.3 Å². The third kappa shape index (κ3) is 4.24. The van der Waals surface area contributed by atoms with E-state index in [0.29, 0.717) is 11.3 Å². The molecule has 0 radical (unpaired) electrons. The summed E-state index contributed by atoms with van der Waals surface area (Å²) in [4.78, 5) is 28.9. The number of carbonyl (C=O) groups is 2. The Hall–Kier alpha value is -2.73. The van der Waals surface area contributed by atoms with Gasteiger partial charge in [0.1, 0.15) is 5.71 Å². The number of halogens is 2. The molecule has 1 aromatic heterocycles. The van der Waals surface area contributed by atoms with Crippen molar-refractivity contribution in [2.45, 2.75) is 25.3 Å². The number of rotatable bonds is 4. The zero-order chi connectivity index (χ0) is 21.5. The molecule has 1 fully saturated rings. The van der Waals surface area contributed by atoms with Crippen LogP contribution in [0.5, 0.6) is 0 Å². The number of hydrogen-bond acceptors (Lipinski definition) is 7. The molecule has 4 rings (SSSR count). The standard InChI is InChI=1S/C18H16F2N4O4S2/c19-12-2-1-10(7-13(12)20)15-8-29-18(21-15)22-17(26)14-3-4-16(25)24(23-14)11-5-6-30(27,28)9-11/h1-2,7-8,11H,3-6,9H2,(H,21,22,26). The SMILES string of the molecule is O=C(Nc1nc(-c2ccc(F)c(F)c2)cs1)C1=NN(C2CCS(=O)(=O)C2)C(=O)CC1. The predicted octanol–water partition coefficient (Wildman–Crippen LogP) is 2.19. The maximum Gasteiger partial charge on any atom is 0.273 e. The zero-order valence-electron chi connectivity index (χ0n) is 15.5. The van der Waals surface area contributed by atoms with Crippen LogP contribution in [-0.2, 0) is 19.4 Å². The van der Waals surface area contributed by atoms with Gasteiger partial charge in [-0.15, -0.1) is 11.3 Å². The Morgan fingerprint density at radius 1 is 1.23 bits per heavy atom. The Morgan fingerprint density at radius 2 is 2.03 bits per heavy atom. The van der Waals surface area contributed by atoms with E-state index >= 15 is 0 Å². The molecule has 0 saturated carbocycles. The second-order valence-electron chi connectivity index (χ2n) is 6.96. The fraction of sp³-hybridized carbons (Fsp3) is 0.333. The monoisotopic (exact) mass is 454 g/mol. The van der Waals surface area contributed by atoms with Gasteiger partial charge in [-0.1, -0.05) is 0 Å². The van der Waals surface area contributed by atoms with E-state index < -0.39 is 33.4 Å². The van der Waals surface area contributed by atoms with Crippen LogP contribution in [0.3, 0.4) is 0 Å². The summed E-state index contributed by atoms with van der Waals surface area (Å²) in [6, 6.07) is 2.82. The Bertz CT molecular complexity index is 1160. The molecule has 12 heteroatoms. The smallest absolute Gasteiger partial charge is 0.273 e. The zero-order valence-corrected chi connectivity index (χ0v) is 17.1. The van der Waals surface area contributed by atoms with Gasteiger partial charge < -0.3 is 0 Å². The van der Waals surface area contributed by atoms with Gasteiger partial charge in [0.05, 0.1) is 23.2 Å². The van der Waals surface area contributed by atoms with Crippen LogP contribution in [0.4, 0.5) is 13.9 Å². The van der Waals surface area contributed by atoms with E-state index in [1.54, 1.807) is 5.38 Å². The van der Waals surface area contributed by atoms with Crippen LogP contribution in [0.15, 0.2) is 28.7 Å². The van der Waals surface area contributed by atoms with E-state index in [9.17, 15) is 26.8 Å². The summed E-state index contributed by atoms with van der Waals surface area (Å²) >= 11 is 1.10. The minimum atomic E-state index is -3.21. The summed E-state index contributed by atoms with van der Waals surface area (Å²) < 4.78 is 49.9. The number of amides is 2. The van der Waals surface area contributed by atoms with Gasteiger partial charge in [0.2, 0.25) is 5.91 Å². The topological polar surface area (TPSA) is 109 Å². The van der Waals surface area contributed by atoms with Crippen molar-refractivity contribution in [2.75, 3.05) is 16.8 Å². The number of benzene rings is 1. The van der Waals surface area contributed by atoms with Gasteiger partial charge in [-0.05, 0) is 24.6 Å². The number of hydrazone groups is 1. The molecule has 8 nitrogen and oxygen atoms in total. The van der Waals surface area contributed by atoms with Crippen molar-refractivity contribution >= 4 is 43.8 Å². The second kappa shape index (κ2) is 7.84. The number of sulfone groups is 1. The van der Waals surface area contributed by atoms with Crippen molar-refractivity contribution in [3.05, 3.63) is 35.2 Å². The second-order valence-corrected chi connectivity index (χ2v) is 10.0. The van der Waals surface area contributed by atoms with Crippen molar-refractivity contribution in [1.82, 2.24) is 9.99 Å². The molecule has 1 aromatic carbocycles. The van der Waals surface area contributed by atoms with Crippen LogP contribution in [0.1, 0.15) is 19.3 Å². The van der Waals surface area contributed by atoms with Crippen LogP contribution >= 0.6 is 11.3 Å². The van der Waals surface area contributed by atoms with Gasteiger partial charge in [-0.25, -0.2) is 27.2 Å². The summed E-state index contributed by atoms with van der Waals surface area (Å²) in [6.07, 6.45) is 0.472. The highest BCUT2D eigenvalue weighted by molar-refractivity contribution is 7.91. The molecule has 2 amide bonds. The lowest BCUT2D eigenvalue weighted by molar-refractivity contribution is -0.133. The molecular weight excluding hydrogens is 438 g/mol. The van der Waals surface area contributed by atoms with Crippen LogP contribution in [0, 0.1) is 11.6 Å². The Balaban J connectivity index is 1.48. The normalized spacial score (nSPS) is 20.9. The third-order valence-corrected chi connectivity index (χ3v) is 7.32. The molecule has 3 heterocycles. The summed E-state index contributed by atoms with van der Waals surface area (Å²) in [6.45, 7) is 0. The van der Waals surface area contributed by atoms with Crippen molar-refractivity contribution < 1.29 is 26.8 Å². The first kappa shape index (κ1) is 20.5. The lowest BCUT2D eigenvalue weighted by Gasteiger charge is -2.27. The molecular formula is C18H16F2N4O4S2. The minimum Gasteiger partial charge on any atom is -0.297 e. The average Bonchev–Trinajstić information content (AvgIpc) is 3.30.